The summed E-state index contributed by atoms with van der Waals surface area (Å²) in [4.78, 5) is 30.8. The first kappa shape index (κ1) is 24.9. The fraction of sp³-hybridized carbons (Fsp3) is 0.160. The van der Waals surface area contributed by atoms with Crippen molar-refractivity contribution in [2.24, 2.45) is 0 Å². The highest BCUT2D eigenvalue weighted by molar-refractivity contribution is 7.92. The van der Waals surface area contributed by atoms with E-state index < -0.39 is 37.7 Å². The van der Waals surface area contributed by atoms with Crippen LogP contribution in [0, 0.1) is 0 Å². The molecule has 4 aromatic rings. The van der Waals surface area contributed by atoms with Gasteiger partial charge in [-0.1, -0.05) is 18.2 Å². The lowest BCUT2D eigenvalue weighted by molar-refractivity contribution is -0.122. The Bertz CT molecular complexity index is 1600. The van der Waals surface area contributed by atoms with Gasteiger partial charge >= 0.3 is 11.5 Å². The van der Waals surface area contributed by atoms with Gasteiger partial charge in [-0.3, -0.25) is 9.78 Å². The fourth-order valence-electron chi connectivity index (χ4n) is 4.41. The Labute approximate surface area is 213 Å². The topological polar surface area (TPSA) is 96.4 Å². The molecule has 7 nitrogen and oxygen atoms in total. The summed E-state index contributed by atoms with van der Waals surface area (Å²) in [6, 6.07) is 13.9. The van der Waals surface area contributed by atoms with E-state index in [-0.39, 0.29) is 18.5 Å². The van der Waals surface area contributed by atoms with Crippen molar-refractivity contribution in [2.75, 3.05) is 4.90 Å². The minimum Gasteiger partial charge on any atom is -0.322 e. The molecule has 190 valence electrons. The summed E-state index contributed by atoms with van der Waals surface area (Å²) in [7, 11) is -5.57. The molecular weight excluding hydrogens is 527 g/mol. The van der Waals surface area contributed by atoms with Gasteiger partial charge in [0, 0.05) is 29.9 Å². The molecule has 1 aliphatic heterocycles. The SMILES string of the molecule is O=C1N[C@](Cc2ccncc2)(Cc2csc3ccccc23)C(=O)N1c1ccc(S(=O)(=O)C(F)(F)F)cc1. The maximum Gasteiger partial charge on any atom is 0.501 e. The summed E-state index contributed by atoms with van der Waals surface area (Å²) >= 11 is 1.51. The van der Waals surface area contributed by atoms with Crippen LogP contribution in [-0.4, -0.2) is 36.4 Å². The maximum absolute atomic E-state index is 13.9. The summed E-state index contributed by atoms with van der Waals surface area (Å²) in [5.41, 5.74) is -5.30. The number of pyridine rings is 1. The lowest BCUT2D eigenvalue weighted by atomic mass is 9.84. The van der Waals surface area contributed by atoms with Crippen LogP contribution < -0.4 is 10.2 Å². The van der Waals surface area contributed by atoms with Crippen LogP contribution >= 0.6 is 11.3 Å². The van der Waals surface area contributed by atoms with Crippen molar-refractivity contribution in [2.45, 2.75) is 28.8 Å². The minimum atomic E-state index is -5.57. The second-order valence-electron chi connectivity index (χ2n) is 8.56. The van der Waals surface area contributed by atoms with Gasteiger partial charge in [0.15, 0.2) is 0 Å². The van der Waals surface area contributed by atoms with E-state index in [9.17, 15) is 31.2 Å². The van der Waals surface area contributed by atoms with Crippen LogP contribution in [0.15, 0.2) is 83.3 Å². The molecule has 3 amide bonds. The number of amides is 3. The number of fused-ring (bicyclic) bond motifs is 1. The molecule has 37 heavy (non-hydrogen) atoms. The number of halogens is 3. The van der Waals surface area contributed by atoms with E-state index in [2.05, 4.69) is 10.3 Å². The monoisotopic (exact) mass is 545 g/mol. The molecule has 5 rings (SSSR count). The molecule has 2 aromatic carbocycles. The molecule has 1 saturated heterocycles. The van der Waals surface area contributed by atoms with Crippen molar-refractivity contribution < 1.29 is 31.2 Å². The fourth-order valence-corrected chi connectivity index (χ4v) is 6.13. The second-order valence-corrected chi connectivity index (χ2v) is 11.4. The number of hydrogen-bond donors (Lipinski definition) is 1. The third kappa shape index (κ3) is 4.36. The van der Waals surface area contributed by atoms with Gasteiger partial charge in [-0.2, -0.15) is 13.2 Å². The highest BCUT2D eigenvalue weighted by Crippen LogP contribution is 2.36. The van der Waals surface area contributed by atoms with Crippen molar-refractivity contribution in [3.05, 3.63) is 89.6 Å². The average Bonchev–Trinajstić information content (AvgIpc) is 3.37. The Balaban J connectivity index is 1.53. The maximum atomic E-state index is 13.9. The van der Waals surface area contributed by atoms with Crippen molar-refractivity contribution in [3.63, 3.8) is 0 Å². The van der Waals surface area contributed by atoms with E-state index in [0.717, 1.165) is 50.4 Å². The number of carbonyl (C=O) groups excluding carboxylic acids is 2. The number of thiophene rings is 1. The predicted octanol–water partition coefficient (Wildman–Crippen LogP) is 4.87. The molecule has 12 heteroatoms. The van der Waals surface area contributed by atoms with Gasteiger partial charge in [-0.05, 0) is 64.4 Å². The number of rotatable bonds is 6. The van der Waals surface area contributed by atoms with E-state index >= 15 is 0 Å². The van der Waals surface area contributed by atoms with Crippen LogP contribution in [0.4, 0.5) is 23.7 Å². The molecule has 0 radical (unpaired) electrons. The van der Waals surface area contributed by atoms with E-state index in [1.54, 1.807) is 24.5 Å². The number of benzene rings is 2. The number of hydrogen-bond acceptors (Lipinski definition) is 6. The van der Waals surface area contributed by atoms with Crippen LogP contribution in [-0.2, 0) is 27.5 Å². The lowest BCUT2D eigenvalue weighted by Crippen LogP contribution is -2.51. The summed E-state index contributed by atoms with van der Waals surface area (Å²) in [5.74, 6) is -0.601. The van der Waals surface area contributed by atoms with Crippen LogP contribution in [0.2, 0.25) is 0 Å². The summed E-state index contributed by atoms with van der Waals surface area (Å²) < 4.78 is 63.2. The Morgan fingerprint density at radius 3 is 2.30 bits per heavy atom. The molecule has 0 spiro atoms. The first-order valence-electron chi connectivity index (χ1n) is 10.9. The first-order chi connectivity index (χ1) is 17.5. The smallest absolute Gasteiger partial charge is 0.322 e. The molecule has 0 unspecified atom stereocenters. The zero-order valence-electron chi connectivity index (χ0n) is 18.9. The first-order valence-corrected chi connectivity index (χ1v) is 13.3. The number of alkyl halides is 3. The highest BCUT2D eigenvalue weighted by Gasteiger charge is 2.52. The Morgan fingerprint density at radius 1 is 0.946 bits per heavy atom. The Morgan fingerprint density at radius 2 is 1.62 bits per heavy atom. The van der Waals surface area contributed by atoms with Gasteiger partial charge in [0.25, 0.3) is 15.7 Å². The number of carbonyl (C=O) groups is 2. The molecule has 0 saturated carbocycles. The van der Waals surface area contributed by atoms with E-state index in [1.807, 2.05) is 29.6 Å². The number of aromatic nitrogens is 1. The van der Waals surface area contributed by atoms with Gasteiger partial charge in [0.2, 0.25) is 0 Å². The van der Waals surface area contributed by atoms with E-state index in [0.29, 0.717) is 0 Å². The quantitative estimate of drug-likeness (QED) is 0.349. The number of sulfone groups is 1. The highest BCUT2D eigenvalue weighted by atomic mass is 32.2. The number of imide groups is 1. The number of nitrogens with one attached hydrogen (secondary N) is 1. The molecule has 0 aliphatic carbocycles. The molecule has 3 heterocycles. The van der Waals surface area contributed by atoms with Gasteiger partial charge < -0.3 is 5.32 Å². The van der Waals surface area contributed by atoms with Crippen molar-refractivity contribution >= 4 is 48.9 Å². The number of urea groups is 1. The van der Waals surface area contributed by atoms with Crippen LogP contribution in [0.25, 0.3) is 10.1 Å². The summed E-state index contributed by atoms with van der Waals surface area (Å²) in [6.45, 7) is 0. The lowest BCUT2D eigenvalue weighted by Gasteiger charge is -2.27. The zero-order valence-corrected chi connectivity index (χ0v) is 20.5. The van der Waals surface area contributed by atoms with Gasteiger partial charge in [0.05, 0.1) is 10.6 Å². The molecular formula is C25H18F3N3O4S2. The predicted molar refractivity (Wildman–Crippen MR) is 132 cm³/mol. The van der Waals surface area contributed by atoms with E-state index in [1.165, 1.54) is 11.3 Å². The van der Waals surface area contributed by atoms with E-state index in [4.69, 9.17) is 0 Å². The summed E-state index contributed by atoms with van der Waals surface area (Å²) in [6.07, 6.45) is 3.45. The molecule has 0 bridgehead atoms. The third-order valence-corrected chi connectivity index (χ3v) is 8.69. The second kappa shape index (κ2) is 8.96. The molecule has 1 aliphatic rings. The Hall–Kier alpha value is -3.77. The van der Waals surface area contributed by atoms with Crippen LogP contribution in [0.3, 0.4) is 0 Å². The van der Waals surface area contributed by atoms with Crippen molar-refractivity contribution in [1.82, 2.24) is 10.3 Å². The van der Waals surface area contributed by atoms with Crippen LogP contribution in [0.1, 0.15) is 11.1 Å². The van der Waals surface area contributed by atoms with Crippen LogP contribution in [0.5, 0.6) is 0 Å². The minimum absolute atomic E-state index is 0.0459. The molecule has 1 fully saturated rings. The van der Waals surface area contributed by atoms with Crippen molar-refractivity contribution in [1.29, 1.82) is 0 Å². The standard InChI is InChI=1S/C25H18F3N3O4S2/c26-25(27,28)37(34,35)19-7-5-18(6-8-19)31-22(32)24(30-23(31)33,13-16-9-11-29-12-10-16)14-17-15-36-21-4-2-1-3-20(17)21/h1-12,15H,13-14H2,(H,30,33)/t24-/m1/s1. The van der Waals surface area contributed by atoms with Gasteiger partial charge in [-0.15, -0.1) is 11.3 Å². The Kier molecular flexibility index (Phi) is 6.03. The normalized spacial score (nSPS) is 18.4. The zero-order chi connectivity index (χ0) is 26.4. The average molecular weight is 546 g/mol. The van der Waals surface area contributed by atoms with Gasteiger partial charge in [0.1, 0.15) is 5.54 Å². The molecule has 1 atom stereocenters. The molecule has 1 N–H and O–H groups in total. The third-order valence-electron chi connectivity index (χ3n) is 6.18. The molecule has 2 aromatic heterocycles. The van der Waals surface area contributed by atoms with Gasteiger partial charge in [-0.25, -0.2) is 18.1 Å². The van der Waals surface area contributed by atoms with Crippen molar-refractivity contribution in [3.8, 4) is 0 Å². The summed E-state index contributed by atoms with van der Waals surface area (Å²) in [5, 5.41) is 5.69. The number of nitrogens with zero attached hydrogens (tertiary/aromatic N) is 2. The number of anilines is 1. The largest absolute Gasteiger partial charge is 0.501 e.